The van der Waals surface area contributed by atoms with Crippen LogP contribution in [0, 0.1) is 5.92 Å². The summed E-state index contributed by atoms with van der Waals surface area (Å²) in [6, 6.07) is 8.36. The molecule has 2 N–H and O–H groups in total. The first-order valence-corrected chi connectivity index (χ1v) is 11.7. The van der Waals surface area contributed by atoms with Crippen LogP contribution in [0.25, 0.3) is 0 Å². The summed E-state index contributed by atoms with van der Waals surface area (Å²) in [7, 11) is 1.86. The zero-order valence-electron chi connectivity index (χ0n) is 17.8. The lowest BCUT2D eigenvalue weighted by molar-refractivity contribution is -0.123. The minimum Gasteiger partial charge on any atom is -0.484 e. The van der Waals surface area contributed by atoms with Crippen molar-refractivity contribution in [2.24, 2.45) is 10.9 Å². The van der Waals surface area contributed by atoms with E-state index in [9.17, 15) is 4.79 Å². The van der Waals surface area contributed by atoms with Gasteiger partial charge in [-0.25, -0.2) is 0 Å². The normalized spacial score (nSPS) is 19.9. The van der Waals surface area contributed by atoms with Crippen molar-refractivity contribution >= 4 is 23.6 Å². The maximum Gasteiger partial charge on any atom is 0.258 e. The van der Waals surface area contributed by atoms with Gasteiger partial charge in [-0.3, -0.25) is 9.79 Å². The van der Waals surface area contributed by atoms with E-state index in [4.69, 9.17) is 4.74 Å². The highest BCUT2D eigenvalue weighted by atomic mass is 32.2. The molecule has 0 aromatic heterocycles. The number of nitrogens with zero attached hydrogens (tertiary/aromatic N) is 2. The number of nitrogens with one attached hydrogen (secondary N) is 2. The molecule has 160 valence electrons. The summed E-state index contributed by atoms with van der Waals surface area (Å²) < 4.78 is 5.56. The summed E-state index contributed by atoms with van der Waals surface area (Å²) in [5.41, 5.74) is 1.23. The van der Waals surface area contributed by atoms with Crippen molar-refractivity contribution < 1.29 is 9.53 Å². The number of rotatable bonds is 8. The number of hydrogen-bond donors (Lipinski definition) is 2. The number of hydrogen-bond acceptors (Lipinski definition) is 4. The number of aliphatic imine (C=N–C) groups is 1. The minimum atomic E-state index is -0.0389. The van der Waals surface area contributed by atoms with Crippen LogP contribution in [0.2, 0.25) is 0 Å². The summed E-state index contributed by atoms with van der Waals surface area (Å²) >= 11 is 2.08. The summed E-state index contributed by atoms with van der Waals surface area (Å²) in [5, 5.41) is 7.10. The first-order valence-electron chi connectivity index (χ1n) is 10.6. The van der Waals surface area contributed by atoms with E-state index in [2.05, 4.69) is 58.3 Å². The molecule has 2 fully saturated rings. The summed E-state index contributed by atoms with van der Waals surface area (Å²) in [5.74, 6) is 3.53. The third-order valence-electron chi connectivity index (χ3n) is 5.28. The highest BCUT2D eigenvalue weighted by molar-refractivity contribution is 8.00. The molecule has 6 nitrogen and oxygen atoms in total. The minimum absolute atomic E-state index is 0.0389. The lowest BCUT2D eigenvalue weighted by Gasteiger charge is -2.36. The molecule has 3 rings (SSSR count). The van der Waals surface area contributed by atoms with Crippen molar-refractivity contribution in [2.45, 2.75) is 44.4 Å². The number of carbonyl (C=O) groups is 1. The van der Waals surface area contributed by atoms with E-state index in [0.717, 1.165) is 56.4 Å². The predicted octanol–water partition coefficient (Wildman–Crippen LogP) is 2.54. The van der Waals surface area contributed by atoms with Gasteiger partial charge < -0.3 is 20.3 Å². The number of amides is 1. The largest absolute Gasteiger partial charge is 0.484 e. The Labute approximate surface area is 178 Å². The first kappa shape index (κ1) is 21.8. The van der Waals surface area contributed by atoms with E-state index in [-0.39, 0.29) is 12.5 Å². The average Bonchev–Trinajstić information content (AvgIpc) is 3.54. The van der Waals surface area contributed by atoms with E-state index in [1.165, 1.54) is 5.56 Å². The predicted molar refractivity (Wildman–Crippen MR) is 121 cm³/mol. The van der Waals surface area contributed by atoms with E-state index >= 15 is 0 Å². The van der Waals surface area contributed by atoms with Crippen LogP contribution in [-0.4, -0.2) is 67.1 Å². The molecule has 29 heavy (non-hydrogen) atoms. The average molecular weight is 419 g/mol. The molecular formula is C22H34N4O2S. The lowest BCUT2D eigenvalue weighted by Crippen LogP contribution is -2.49. The molecule has 7 heteroatoms. The van der Waals surface area contributed by atoms with Crippen molar-refractivity contribution in [2.75, 3.05) is 39.0 Å². The molecule has 1 saturated carbocycles. The molecule has 1 amide bonds. The summed E-state index contributed by atoms with van der Waals surface area (Å²) in [6.07, 6.45) is 3.10. The molecule has 1 aliphatic heterocycles. The van der Waals surface area contributed by atoms with E-state index in [1.54, 1.807) is 0 Å². The van der Waals surface area contributed by atoms with Gasteiger partial charge in [0.25, 0.3) is 5.91 Å². The number of benzene rings is 1. The number of carbonyl (C=O) groups excluding carboxylic acids is 1. The zero-order chi connectivity index (χ0) is 20.6. The molecule has 2 aliphatic rings. The van der Waals surface area contributed by atoms with Gasteiger partial charge in [-0.15, -0.1) is 0 Å². The molecule has 1 unspecified atom stereocenters. The zero-order valence-corrected chi connectivity index (χ0v) is 18.6. The molecule has 1 saturated heterocycles. The second kappa shape index (κ2) is 10.8. The fourth-order valence-corrected chi connectivity index (χ4v) is 4.62. The van der Waals surface area contributed by atoms with Crippen LogP contribution in [-0.2, 0) is 11.2 Å². The SMILES string of the molecule is CN=C(NCCc1ccc(OCC(=O)NC2CC2)cc1)N1CCSC(C(C)C)C1. The molecule has 1 aromatic carbocycles. The van der Waals surface area contributed by atoms with Gasteiger partial charge in [0.2, 0.25) is 0 Å². The Balaban J connectivity index is 1.39. The van der Waals surface area contributed by atoms with Crippen molar-refractivity contribution in [1.82, 2.24) is 15.5 Å². The van der Waals surface area contributed by atoms with Gasteiger partial charge in [0.1, 0.15) is 5.75 Å². The molecule has 0 bridgehead atoms. The van der Waals surface area contributed by atoms with Crippen molar-refractivity contribution in [1.29, 1.82) is 0 Å². The Morgan fingerprint density at radius 2 is 2.07 bits per heavy atom. The highest BCUT2D eigenvalue weighted by Gasteiger charge is 2.25. The van der Waals surface area contributed by atoms with Gasteiger partial charge in [0.15, 0.2) is 12.6 Å². The fraction of sp³-hybridized carbons (Fsp3) is 0.636. The van der Waals surface area contributed by atoms with Crippen LogP contribution >= 0.6 is 11.8 Å². The Morgan fingerprint density at radius 3 is 2.72 bits per heavy atom. The van der Waals surface area contributed by atoms with Crippen molar-refractivity contribution in [3.63, 3.8) is 0 Å². The molecule has 1 heterocycles. The Hall–Kier alpha value is -1.89. The lowest BCUT2D eigenvalue weighted by atomic mass is 10.1. The maximum atomic E-state index is 11.7. The molecule has 0 spiro atoms. The molecule has 1 atom stereocenters. The first-order chi connectivity index (χ1) is 14.0. The standard InChI is InChI=1S/C22H34N4O2S/c1-16(2)20-14-26(12-13-29-20)22(23-3)24-11-10-17-4-8-19(9-5-17)28-15-21(27)25-18-6-7-18/h4-5,8-9,16,18,20H,6-7,10-15H2,1-3H3,(H,23,24)(H,25,27). The number of thioether (sulfide) groups is 1. The van der Waals surface area contributed by atoms with Crippen LogP contribution in [0.5, 0.6) is 5.75 Å². The van der Waals surface area contributed by atoms with Crippen LogP contribution in [0.3, 0.4) is 0 Å². The third-order valence-corrected chi connectivity index (χ3v) is 6.82. The number of ether oxygens (including phenoxy) is 1. The Morgan fingerprint density at radius 1 is 1.31 bits per heavy atom. The van der Waals surface area contributed by atoms with Crippen LogP contribution < -0.4 is 15.4 Å². The van der Waals surface area contributed by atoms with Gasteiger partial charge in [-0.05, 0) is 42.9 Å². The van der Waals surface area contributed by atoms with Crippen LogP contribution in [0.1, 0.15) is 32.3 Å². The monoisotopic (exact) mass is 418 g/mol. The van der Waals surface area contributed by atoms with Gasteiger partial charge in [0, 0.05) is 43.7 Å². The van der Waals surface area contributed by atoms with E-state index in [0.29, 0.717) is 17.2 Å². The fourth-order valence-electron chi connectivity index (χ4n) is 3.32. The van der Waals surface area contributed by atoms with Gasteiger partial charge in [0.05, 0.1) is 0 Å². The smallest absolute Gasteiger partial charge is 0.258 e. The third kappa shape index (κ3) is 7.14. The molecule has 0 radical (unpaired) electrons. The quantitative estimate of drug-likeness (QED) is 0.502. The Kier molecular flexibility index (Phi) is 8.09. The van der Waals surface area contributed by atoms with E-state index < -0.39 is 0 Å². The topological polar surface area (TPSA) is 66.0 Å². The maximum absolute atomic E-state index is 11.7. The van der Waals surface area contributed by atoms with Gasteiger partial charge in [-0.2, -0.15) is 11.8 Å². The summed E-state index contributed by atoms with van der Waals surface area (Å²) in [4.78, 5) is 18.6. The summed E-state index contributed by atoms with van der Waals surface area (Å²) in [6.45, 7) is 7.62. The second-order valence-corrected chi connectivity index (χ2v) is 9.44. The highest BCUT2D eigenvalue weighted by Crippen LogP contribution is 2.24. The van der Waals surface area contributed by atoms with Gasteiger partial charge >= 0.3 is 0 Å². The van der Waals surface area contributed by atoms with Crippen molar-refractivity contribution in [3.8, 4) is 5.75 Å². The van der Waals surface area contributed by atoms with Gasteiger partial charge in [-0.1, -0.05) is 26.0 Å². The molecular weight excluding hydrogens is 384 g/mol. The second-order valence-electron chi connectivity index (χ2n) is 8.10. The Bertz CT molecular complexity index is 689. The molecule has 1 aromatic rings. The van der Waals surface area contributed by atoms with Crippen LogP contribution in [0.15, 0.2) is 29.3 Å². The number of guanidine groups is 1. The van der Waals surface area contributed by atoms with Crippen molar-refractivity contribution in [3.05, 3.63) is 29.8 Å². The van der Waals surface area contributed by atoms with Crippen LogP contribution in [0.4, 0.5) is 0 Å². The molecule has 1 aliphatic carbocycles. The van der Waals surface area contributed by atoms with E-state index in [1.807, 2.05) is 19.2 Å².